The van der Waals surface area contributed by atoms with Gasteiger partial charge in [0.15, 0.2) is 0 Å². The van der Waals surface area contributed by atoms with E-state index in [0.717, 1.165) is 17.5 Å². The first-order chi connectivity index (χ1) is 11.2. The first kappa shape index (κ1) is 15.5. The molecule has 1 aliphatic rings. The van der Waals surface area contributed by atoms with Crippen molar-refractivity contribution in [3.63, 3.8) is 0 Å². The molecule has 0 aliphatic carbocycles. The molecule has 118 valence electrons. The number of carbonyl (C=O) groups is 1. The van der Waals surface area contributed by atoms with E-state index in [-0.39, 0.29) is 18.6 Å². The molecule has 2 aromatic rings. The van der Waals surface area contributed by atoms with Crippen LogP contribution in [0.5, 0.6) is 0 Å². The molecule has 23 heavy (non-hydrogen) atoms. The summed E-state index contributed by atoms with van der Waals surface area (Å²) < 4.78 is 0. The molecule has 3 nitrogen and oxygen atoms in total. The molecule has 0 fully saturated rings. The zero-order valence-electron chi connectivity index (χ0n) is 13.3. The number of fused-ring (bicyclic) bond motifs is 1. The maximum absolute atomic E-state index is 12.6. The van der Waals surface area contributed by atoms with Crippen LogP contribution in [-0.2, 0) is 11.2 Å². The maximum atomic E-state index is 12.6. The van der Waals surface area contributed by atoms with Gasteiger partial charge in [0, 0.05) is 12.6 Å². The molecule has 1 atom stereocenters. The molecule has 1 N–H and O–H groups in total. The van der Waals surface area contributed by atoms with Gasteiger partial charge >= 0.3 is 0 Å². The third-order valence-electron chi connectivity index (χ3n) is 4.33. The van der Waals surface area contributed by atoms with Gasteiger partial charge in [0.25, 0.3) is 0 Å². The number of hydrogen-bond acceptors (Lipinski definition) is 2. The van der Waals surface area contributed by atoms with Crippen LogP contribution in [0.3, 0.4) is 0 Å². The van der Waals surface area contributed by atoms with E-state index in [1.165, 1.54) is 11.1 Å². The van der Waals surface area contributed by atoms with E-state index < -0.39 is 0 Å². The van der Waals surface area contributed by atoms with Crippen molar-refractivity contribution in [1.82, 2.24) is 4.90 Å². The number of hydrogen-bond donors (Lipinski definition) is 1. The van der Waals surface area contributed by atoms with Crippen LogP contribution in [0.15, 0.2) is 54.6 Å². The van der Waals surface area contributed by atoms with E-state index in [2.05, 4.69) is 6.07 Å². The fraction of sp³-hybridized carbons (Fsp3) is 0.250. The molecule has 0 radical (unpaired) electrons. The van der Waals surface area contributed by atoms with E-state index >= 15 is 0 Å². The van der Waals surface area contributed by atoms with Crippen molar-refractivity contribution in [3.8, 4) is 0 Å². The smallest absolute Gasteiger partial charge is 0.247 e. The zero-order chi connectivity index (χ0) is 16.2. The van der Waals surface area contributed by atoms with Crippen molar-refractivity contribution < 1.29 is 9.90 Å². The number of nitrogens with zero attached hydrogens (tertiary/aromatic N) is 1. The third-order valence-corrected chi connectivity index (χ3v) is 4.33. The van der Waals surface area contributed by atoms with Crippen LogP contribution in [0, 0.1) is 6.92 Å². The lowest BCUT2D eigenvalue weighted by Gasteiger charge is -2.35. The lowest BCUT2D eigenvalue weighted by atomic mass is 9.93. The lowest BCUT2D eigenvalue weighted by molar-refractivity contribution is -0.129. The Morgan fingerprint density at radius 2 is 2.09 bits per heavy atom. The molecule has 0 aromatic heterocycles. The summed E-state index contributed by atoms with van der Waals surface area (Å²) in [5.41, 5.74) is 4.45. The molecule has 2 aromatic carbocycles. The lowest BCUT2D eigenvalue weighted by Crippen LogP contribution is -2.40. The summed E-state index contributed by atoms with van der Waals surface area (Å²) >= 11 is 0. The summed E-state index contributed by atoms with van der Waals surface area (Å²) in [7, 11) is 0. The number of aliphatic hydroxyl groups is 1. The van der Waals surface area contributed by atoms with Gasteiger partial charge in [0.05, 0.1) is 12.6 Å². The Kier molecular flexibility index (Phi) is 4.58. The highest BCUT2D eigenvalue weighted by Gasteiger charge is 2.28. The highest BCUT2D eigenvalue weighted by atomic mass is 16.3. The predicted molar refractivity (Wildman–Crippen MR) is 91.9 cm³/mol. The van der Waals surface area contributed by atoms with Crippen LogP contribution < -0.4 is 0 Å². The second-order valence-electron chi connectivity index (χ2n) is 5.93. The first-order valence-electron chi connectivity index (χ1n) is 7.93. The first-order valence-corrected chi connectivity index (χ1v) is 7.93. The van der Waals surface area contributed by atoms with Crippen LogP contribution in [0.25, 0.3) is 6.08 Å². The molecule has 0 bridgehead atoms. The standard InChI is InChI=1S/C20H21NO2/c1-15-5-4-6-16(13-15)9-10-20(23)21-12-11-17-7-2-3-8-18(17)19(21)14-22/h2-10,13,19,22H,11-12,14H2,1H3/b10-9+. The second-order valence-corrected chi connectivity index (χ2v) is 5.93. The predicted octanol–water partition coefficient (Wildman–Crippen LogP) is 3.13. The van der Waals surface area contributed by atoms with Crippen LogP contribution in [0.2, 0.25) is 0 Å². The zero-order valence-corrected chi connectivity index (χ0v) is 13.3. The molecule has 3 rings (SSSR count). The fourth-order valence-electron chi connectivity index (χ4n) is 3.15. The minimum Gasteiger partial charge on any atom is -0.394 e. The summed E-state index contributed by atoms with van der Waals surface area (Å²) in [4.78, 5) is 14.3. The monoisotopic (exact) mass is 307 g/mol. The Bertz CT molecular complexity index is 736. The normalized spacial score (nSPS) is 17.3. The largest absolute Gasteiger partial charge is 0.394 e. The number of aliphatic hydroxyl groups excluding tert-OH is 1. The number of carbonyl (C=O) groups excluding carboxylic acids is 1. The van der Waals surface area contributed by atoms with Crippen LogP contribution >= 0.6 is 0 Å². The van der Waals surface area contributed by atoms with Gasteiger partial charge in [-0.15, -0.1) is 0 Å². The molecular weight excluding hydrogens is 286 g/mol. The summed E-state index contributed by atoms with van der Waals surface area (Å²) in [5, 5.41) is 9.76. The van der Waals surface area contributed by atoms with Gasteiger partial charge in [0.1, 0.15) is 0 Å². The average Bonchev–Trinajstić information content (AvgIpc) is 2.58. The topological polar surface area (TPSA) is 40.5 Å². The van der Waals surface area contributed by atoms with E-state index in [9.17, 15) is 9.90 Å². The Morgan fingerprint density at radius 3 is 2.87 bits per heavy atom. The van der Waals surface area contributed by atoms with Gasteiger partial charge in [-0.05, 0) is 36.1 Å². The average molecular weight is 307 g/mol. The van der Waals surface area contributed by atoms with Crippen molar-refractivity contribution >= 4 is 12.0 Å². The Labute approximate surface area is 136 Å². The Hall–Kier alpha value is -2.39. The van der Waals surface area contributed by atoms with Crippen LogP contribution in [0.4, 0.5) is 0 Å². The molecule has 1 aliphatic heterocycles. The van der Waals surface area contributed by atoms with E-state index in [1.54, 1.807) is 11.0 Å². The van der Waals surface area contributed by atoms with Crippen molar-refractivity contribution in [1.29, 1.82) is 0 Å². The van der Waals surface area contributed by atoms with Crippen molar-refractivity contribution in [2.75, 3.05) is 13.2 Å². The minimum atomic E-state index is -0.255. The highest BCUT2D eigenvalue weighted by molar-refractivity contribution is 5.92. The maximum Gasteiger partial charge on any atom is 0.247 e. The molecule has 1 unspecified atom stereocenters. The van der Waals surface area contributed by atoms with Gasteiger partial charge in [-0.2, -0.15) is 0 Å². The van der Waals surface area contributed by atoms with Crippen LogP contribution in [-0.4, -0.2) is 29.1 Å². The highest BCUT2D eigenvalue weighted by Crippen LogP contribution is 2.29. The van der Waals surface area contributed by atoms with E-state index in [1.807, 2.05) is 55.5 Å². The van der Waals surface area contributed by atoms with Gasteiger partial charge in [0.2, 0.25) is 5.91 Å². The molecule has 1 heterocycles. The van der Waals surface area contributed by atoms with Gasteiger partial charge in [-0.3, -0.25) is 4.79 Å². The third kappa shape index (κ3) is 3.35. The number of rotatable bonds is 3. The van der Waals surface area contributed by atoms with E-state index in [4.69, 9.17) is 0 Å². The van der Waals surface area contributed by atoms with Crippen molar-refractivity contribution in [2.45, 2.75) is 19.4 Å². The van der Waals surface area contributed by atoms with Crippen molar-refractivity contribution in [2.24, 2.45) is 0 Å². The summed E-state index contributed by atoms with van der Waals surface area (Å²) in [6, 6.07) is 15.8. The molecule has 1 amide bonds. The van der Waals surface area contributed by atoms with Gasteiger partial charge < -0.3 is 10.0 Å². The van der Waals surface area contributed by atoms with Gasteiger partial charge in [-0.25, -0.2) is 0 Å². The van der Waals surface area contributed by atoms with Gasteiger partial charge in [-0.1, -0.05) is 54.1 Å². The molecule has 0 saturated heterocycles. The molecular formula is C20H21NO2. The quantitative estimate of drug-likeness (QED) is 0.885. The SMILES string of the molecule is Cc1cccc(/C=C/C(=O)N2CCc3ccccc3C2CO)c1. The van der Waals surface area contributed by atoms with Crippen molar-refractivity contribution in [3.05, 3.63) is 76.9 Å². The molecule has 0 saturated carbocycles. The summed E-state index contributed by atoms with van der Waals surface area (Å²) in [6.45, 7) is 2.61. The fourth-order valence-corrected chi connectivity index (χ4v) is 3.15. The number of amides is 1. The summed E-state index contributed by atoms with van der Waals surface area (Å²) in [6.07, 6.45) is 4.27. The molecule has 0 spiro atoms. The number of benzene rings is 2. The van der Waals surface area contributed by atoms with E-state index in [0.29, 0.717) is 6.54 Å². The molecule has 3 heteroatoms. The van der Waals surface area contributed by atoms with Crippen LogP contribution in [0.1, 0.15) is 28.3 Å². The minimum absolute atomic E-state index is 0.0545. The Morgan fingerprint density at radius 1 is 1.26 bits per heavy atom. The second kappa shape index (κ2) is 6.80. The number of aryl methyl sites for hydroxylation is 1. The Balaban J connectivity index is 1.80. The summed E-state index contributed by atoms with van der Waals surface area (Å²) in [5.74, 6) is -0.0555.